The average molecular weight is 463 g/mol. The zero-order valence-electron chi connectivity index (χ0n) is 19.5. The predicted octanol–water partition coefficient (Wildman–Crippen LogP) is 5.38. The maximum Gasteiger partial charge on any atom is 0.168 e. The van der Waals surface area contributed by atoms with E-state index in [0.717, 1.165) is 49.3 Å². The molecule has 0 radical (unpaired) electrons. The van der Waals surface area contributed by atoms with Crippen LogP contribution in [0.2, 0.25) is 0 Å². The Morgan fingerprint density at radius 1 is 0.879 bits per heavy atom. The minimum atomic E-state index is 0.169. The van der Waals surface area contributed by atoms with Crippen LogP contribution in [-0.4, -0.2) is 41.9 Å². The number of phenols is 1. The van der Waals surface area contributed by atoms with Crippen LogP contribution in [0.15, 0.2) is 78.9 Å². The van der Waals surface area contributed by atoms with Gasteiger partial charge in [-0.05, 0) is 73.1 Å². The molecular weight excluding hydrogens is 428 g/mol. The molecule has 0 heterocycles. The molecule has 0 aliphatic carbocycles. The van der Waals surface area contributed by atoms with Crippen molar-refractivity contribution in [3.8, 4) is 11.5 Å². The highest BCUT2D eigenvalue weighted by Crippen LogP contribution is 2.27. The molecule has 0 aliphatic rings. The van der Waals surface area contributed by atoms with Crippen molar-refractivity contribution in [3.05, 3.63) is 95.6 Å². The van der Waals surface area contributed by atoms with Crippen LogP contribution in [0.1, 0.15) is 29.5 Å². The molecule has 0 aromatic heterocycles. The average Bonchev–Trinajstić information content (AvgIpc) is 2.85. The number of nitrogens with one attached hydrogen (secondary N) is 1. The number of phenolic OH excluding ortho intramolecular Hbond substituents is 1. The molecule has 1 unspecified atom stereocenters. The fraction of sp³-hybridized carbons (Fsp3) is 0.321. The van der Waals surface area contributed by atoms with Gasteiger partial charge in [-0.15, -0.1) is 0 Å². The molecule has 0 bridgehead atoms. The van der Waals surface area contributed by atoms with Crippen LogP contribution in [0, 0.1) is 0 Å². The van der Waals surface area contributed by atoms with E-state index in [9.17, 15) is 5.11 Å². The number of rotatable bonds is 11. The fourth-order valence-corrected chi connectivity index (χ4v) is 4.22. The van der Waals surface area contributed by atoms with Gasteiger partial charge >= 0.3 is 0 Å². The summed E-state index contributed by atoms with van der Waals surface area (Å²) < 4.78 is 5.27. The van der Waals surface area contributed by atoms with Gasteiger partial charge in [-0.2, -0.15) is 0 Å². The smallest absolute Gasteiger partial charge is 0.168 e. The van der Waals surface area contributed by atoms with Crippen molar-refractivity contribution in [2.24, 2.45) is 0 Å². The van der Waals surface area contributed by atoms with Gasteiger partial charge in [0.15, 0.2) is 16.6 Å². The highest BCUT2D eigenvalue weighted by molar-refractivity contribution is 7.80. The predicted molar refractivity (Wildman–Crippen MR) is 140 cm³/mol. The molecule has 4 nitrogen and oxygen atoms in total. The van der Waals surface area contributed by atoms with Gasteiger partial charge in [0.1, 0.15) is 0 Å². The molecule has 174 valence electrons. The van der Waals surface area contributed by atoms with Crippen LogP contribution in [0.25, 0.3) is 0 Å². The molecule has 3 rings (SSSR count). The lowest BCUT2D eigenvalue weighted by atomic mass is 9.98. The zero-order valence-corrected chi connectivity index (χ0v) is 20.4. The van der Waals surface area contributed by atoms with Crippen LogP contribution in [0.5, 0.6) is 11.5 Å². The van der Waals surface area contributed by atoms with Crippen molar-refractivity contribution in [1.82, 2.24) is 10.2 Å². The van der Waals surface area contributed by atoms with Gasteiger partial charge in [-0.1, -0.05) is 66.7 Å². The van der Waals surface area contributed by atoms with Crippen LogP contribution >= 0.6 is 12.2 Å². The summed E-state index contributed by atoms with van der Waals surface area (Å²) >= 11 is 5.75. The minimum Gasteiger partial charge on any atom is -0.504 e. The van der Waals surface area contributed by atoms with Crippen molar-refractivity contribution in [2.75, 3.05) is 20.7 Å². The minimum absolute atomic E-state index is 0.169. The normalized spacial score (nSPS) is 11.6. The molecule has 0 fully saturated rings. The molecule has 3 aromatic carbocycles. The monoisotopic (exact) mass is 462 g/mol. The molecule has 5 heteroatoms. The molecule has 0 aliphatic heterocycles. The molecule has 0 saturated carbocycles. The third kappa shape index (κ3) is 7.79. The topological polar surface area (TPSA) is 44.7 Å². The Bertz CT molecular complexity index is 995. The van der Waals surface area contributed by atoms with E-state index in [4.69, 9.17) is 17.0 Å². The summed E-state index contributed by atoms with van der Waals surface area (Å²) in [6.45, 7) is 0.813. The first-order valence-corrected chi connectivity index (χ1v) is 11.9. The van der Waals surface area contributed by atoms with E-state index in [2.05, 4.69) is 71.9 Å². The number of benzene rings is 3. The van der Waals surface area contributed by atoms with E-state index in [1.807, 2.05) is 18.2 Å². The number of nitrogens with zero attached hydrogens (tertiary/aromatic N) is 1. The van der Waals surface area contributed by atoms with Gasteiger partial charge in [-0.25, -0.2) is 0 Å². The quantitative estimate of drug-likeness (QED) is 0.375. The van der Waals surface area contributed by atoms with Gasteiger partial charge in [0.2, 0.25) is 0 Å². The highest BCUT2D eigenvalue weighted by Gasteiger charge is 2.18. The largest absolute Gasteiger partial charge is 0.504 e. The fourth-order valence-electron chi connectivity index (χ4n) is 3.97. The molecular formula is C28H34N2O2S. The Balaban J connectivity index is 1.61. The first kappa shape index (κ1) is 24.6. The number of aryl methyl sites for hydroxylation is 2. The van der Waals surface area contributed by atoms with Gasteiger partial charge in [-0.3, -0.25) is 0 Å². The Labute approximate surface area is 203 Å². The van der Waals surface area contributed by atoms with Crippen molar-refractivity contribution in [3.63, 3.8) is 0 Å². The SMILES string of the molecule is COc1cc(CCC(CCc2ccccc2)N(C)C(=S)NCCc2ccccc2)ccc1O. The van der Waals surface area contributed by atoms with E-state index < -0.39 is 0 Å². The summed E-state index contributed by atoms with van der Waals surface area (Å²) in [4.78, 5) is 2.21. The van der Waals surface area contributed by atoms with Gasteiger partial charge < -0.3 is 20.1 Å². The number of hydrogen-bond donors (Lipinski definition) is 2. The van der Waals surface area contributed by atoms with Crippen molar-refractivity contribution in [1.29, 1.82) is 0 Å². The van der Waals surface area contributed by atoms with E-state index >= 15 is 0 Å². The third-order valence-electron chi connectivity index (χ3n) is 6.02. The molecule has 2 N–H and O–H groups in total. The molecule has 0 saturated heterocycles. The zero-order chi connectivity index (χ0) is 23.5. The van der Waals surface area contributed by atoms with E-state index in [1.54, 1.807) is 13.2 Å². The van der Waals surface area contributed by atoms with Gasteiger partial charge in [0, 0.05) is 19.6 Å². The molecule has 0 amide bonds. The summed E-state index contributed by atoms with van der Waals surface area (Å²) in [5.74, 6) is 0.683. The Hall–Kier alpha value is -3.05. The number of aromatic hydroxyl groups is 1. The Morgan fingerprint density at radius 2 is 1.45 bits per heavy atom. The van der Waals surface area contributed by atoms with E-state index in [0.29, 0.717) is 11.8 Å². The second kappa shape index (κ2) is 12.9. The van der Waals surface area contributed by atoms with Crippen molar-refractivity contribution in [2.45, 2.75) is 38.1 Å². The van der Waals surface area contributed by atoms with Crippen LogP contribution in [0.4, 0.5) is 0 Å². The second-order valence-corrected chi connectivity index (χ2v) is 8.69. The number of ether oxygens (including phenoxy) is 1. The van der Waals surface area contributed by atoms with Crippen LogP contribution in [-0.2, 0) is 19.3 Å². The molecule has 0 spiro atoms. The summed E-state index contributed by atoms with van der Waals surface area (Å²) in [5, 5.41) is 14.1. The summed E-state index contributed by atoms with van der Waals surface area (Å²) in [7, 11) is 3.67. The summed E-state index contributed by atoms with van der Waals surface area (Å²) in [5.41, 5.74) is 3.79. The third-order valence-corrected chi connectivity index (χ3v) is 6.45. The Kier molecular flexibility index (Phi) is 9.58. The summed E-state index contributed by atoms with van der Waals surface area (Å²) in [6.07, 6.45) is 4.79. The van der Waals surface area contributed by atoms with Crippen molar-refractivity contribution >= 4 is 17.3 Å². The lowest BCUT2D eigenvalue weighted by Crippen LogP contribution is -2.44. The lowest BCUT2D eigenvalue weighted by Gasteiger charge is -2.31. The highest BCUT2D eigenvalue weighted by atomic mass is 32.1. The standard InChI is InChI=1S/C28H34N2O2S/c1-30(28(33)29-20-19-23-11-7-4-8-12-23)25(16-13-22-9-5-3-6-10-22)17-14-24-15-18-26(31)27(21-24)32-2/h3-12,15,18,21,25,31H,13-14,16-17,19-20H2,1-2H3,(H,29,33). The maximum atomic E-state index is 9.89. The Morgan fingerprint density at radius 3 is 2.06 bits per heavy atom. The maximum absolute atomic E-state index is 9.89. The molecule has 33 heavy (non-hydrogen) atoms. The first-order valence-electron chi connectivity index (χ1n) is 11.5. The molecule has 1 atom stereocenters. The van der Waals surface area contributed by atoms with E-state index in [-0.39, 0.29) is 5.75 Å². The number of thiocarbonyl (C=S) groups is 1. The van der Waals surface area contributed by atoms with Crippen molar-refractivity contribution < 1.29 is 9.84 Å². The van der Waals surface area contributed by atoms with Crippen LogP contribution < -0.4 is 10.1 Å². The van der Waals surface area contributed by atoms with E-state index in [1.165, 1.54) is 11.1 Å². The van der Waals surface area contributed by atoms with Gasteiger partial charge in [0.05, 0.1) is 7.11 Å². The van der Waals surface area contributed by atoms with Gasteiger partial charge in [0.25, 0.3) is 0 Å². The second-order valence-electron chi connectivity index (χ2n) is 8.30. The number of hydrogen-bond acceptors (Lipinski definition) is 3. The number of methoxy groups -OCH3 is 1. The first-order chi connectivity index (χ1) is 16.1. The summed E-state index contributed by atoms with van der Waals surface area (Å²) in [6, 6.07) is 26.9. The van der Waals surface area contributed by atoms with Crippen LogP contribution in [0.3, 0.4) is 0 Å². The molecule has 3 aromatic rings. The lowest BCUT2D eigenvalue weighted by molar-refractivity contribution is 0.322.